The lowest BCUT2D eigenvalue weighted by molar-refractivity contribution is 0.414. The molecule has 2 N–H and O–H groups in total. The number of thiophene rings is 2. The topological polar surface area (TPSA) is 112 Å². The van der Waals surface area contributed by atoms with Crippen LogP contribution in [0, 0.1) is 0 Å². The fraction of sp³-hybridized carbons (Fsp3) is 0.235. The molecule has 3 aromatic carbocycles. The van der Waals surface area contributed by atoms with Crippen molar-refractivity contribution in [2.45, 2.75) is 39.8 Å². The van der Waals surface area contributed by atoms with Crippen molar-refractivity contribution >= 4 is 75.2 Å². The lowest BCUT2D eigenvalue weighted by Crippen LogP contribution is -2.25. The Morgan fingerprint density at radius 2 is 1.02 bits per heavy atom. The molecular weight excluding hydrogens is 621 g/mol. The molecule has 0 aliphatic rings. The number of methoxy groups -OCH3 is 2. The molecule has 12 heteroatoms. The Bertz CT molecular complexity index is 2220. The van der Waals surface area contributed by atoms with Gasteiger partial charge in [0, 0.05) is 32.3 Å². The largest absolute Gasteiger partial charge is 0.497 e. The molecule has 0 aliphatic carbocycles. The Hall–Kier alpha value is -4.94. The van der Waals surface area contributed by atoms with Gasteiger partial charge >= 0.3 is 0 Å². The van der Waals surface area contributed by atoms with E-state index in [0.29, 0.717) is 55.2 Å². The summed E-state index contributed by atoms with van der Waals surface area (Å²) < 4.78 is 16.8. The standard InChI is InChI=1S/C34H32N6O4S2/c1-17(2)35-33-37-27-23-15-24-26(16-25(23)45-29(27)31(41)39(33)19-7-11-21(43-5)12-8-19)46-30-28(24)38-34(36-18(3)4)40(32(30)42)20-9-13-22(44-6)14-10-20/h7-18H,1-6H3,(H,35,37)(H,36,38). The molecule has 234 valence electrons. The highest BCUT2D eigenvalue weighted by Crippen LogP contribution is 2.40. The number of benzene rings is 3. The quantitative estimate of drug-likeness (QED) is 0.178. The average Bonchev–Trinajstić information content (AvgIpc) is 3.58. The van der Waals surface area contributed by atoms with E-state index < -0.39 is 0 Å². The molecule has 0 radical (unpaired) electrons. The lowest BCUT2D eigenvalue weighted by atomic mass is 10.1. The van der Waals surface area contributed by atoms with Gasteiger partial charge in [-0.05, 0) is 88.4 Å². The zero-order chi connectivity index (χ0) is 32.3. The zero-order valence-corrected chi connectivity index (χ0v) is 27.8. The Balaban J connectivity index is 1.48. The van der Waals surface area contributed by atoms with Crippen LogP contribution >= 0.6 is 22.7 Å². The van der Waals surface area contributed by atoms with E-state index in [2.05, 4.69) is 10.6 Å². The normalized spacial score (nSPS) is 11.8. The van der Waals surface area contributed by atoms with E-state index in [1.54, 1.807) is 23.4 Å². The molecule has 7 aromatic rings. The third-order valence-corrected chi connectivity index (χ3v) is 9.86. The Morgan fingerprint density at radius 1 is 0.630 bits per heavy atom. The van der Waals surface area contributed by atoms with Gasteiger partial charge in [0.2, 0.25) is 11.9 Å². The number of nitrogens with one attached hydrogen (secondary N) is 2. The van der Waals surface area contributed by atoms with Gasteiger partial charge in [-0.25, -0.2) is 19.1 Å². The van der Waals surface area contributed by atoms with E-state index >= 15 is 0 Å². The summed E-state index contributed by atoms with van der Waals surface area (Å²) in [6.07, 6.45) is 0. The van der Waals surface area contributed by atoms with E-state index in [-0.39, 0.29) is 23.2 Å². The number of anilines is 2. The predicted molar refractivity (Wildman–Crippen MR) is 190 cm³/mol. The molecule has 0 unspecified atom stereocenters. The van der Waals surface area contributed by atoms with Crippen LogP contribution in [0.5, 0.6) is 11.5 Å². The highest BCUT2D eigenvalue weighted by Gasteiger charge is 2.22. The molecule has 7 rings (SSSR count). The first-order chi connectivity index (χ1) is 22.2. The minimum absolute atomic E-state index is 0.0372. The van der Waals surface area contributed by atoms with E-state index in [1.165, 1.54) is 22.7 Å². The maximum atomic E-state index is 14.1. The molecule has 10 nitrogen and oxygen atoms in total. The number of hydrogen-bond acceptors (Lipinski definition) is 10. The molecule has 4 heterocycles. The van der Waals surface area contributed by atoms with Crippen LogP contribution in [0.4, 0.5) is 11.9 Å². The molecule has 0 saturated heterocycles. The van der Waals surface area contributed by atoms with E-state index in [1.807, 2.05) is 88.4 Å². The van der Waals surface area contributed by atoms with Crippen molar-refractivity contribution in [1.29, 1.82) is 0 Å². The minimum atomic E-state index is -0.156. The van der Waals surface area contributed by atoms with Gasteiger partial charge in [0.25, 0.3) is 11.1 Å². The fourth-order valence-corrected chi connectivity index (χ4v) is 7.79. The molecule has 0 saturated carbocycles. The van der Waals surface area contributed by atoms with Crippen molar-refractivity contribution in [2.75, 3.05) is 24.9 Å². The van der Waals surface area contributed by atoms with Crippen molar-refractivity contribution in [1.82, 2.24) is 19.1 Å². The van der Waals surface area contributed by atoms with E-state index in [9.17, 15) is 9.59 Å². The maximum absolute atomic E-state index is 14.1. The zero-order valence-electron chi connectivity index (χ0n) is 26.2. The summed E-state index contributed by atoms with van der Waals surface area (Å²) in [5.41, 5.74) is 2.30. The number of hydrogen-bond donors (Lipinski definition) is 2. The first-order valence-corrected chi connectivity index (χ1v) is 16.5. The smallest absolute Gasteiger partial charge is 0.277 e. The predicted octanol–water partition coefficient (Wildman–Crippen LogP) is 7.17. The van der Waals surface area contributed by atoms with Gasteiger partial charge in [-0.15, -0.1) is 22.7 Å². The van der Waals surface area contributed by atoms with Gasteiger partial charge in [0.1, 0.15) is 20.9 Å². The summed E-state index contributed by atoms with van der Waals surface area (Å²) >= 11 is 2.81. The number of nitrogens with zero attached hydrogens (tertiary/aromatic N) is 4. The second kappa shape index (κ2) is 11.5. The molecule has 0 fully saturated rings. The van der Waals surface area contributed by atoms with Gasteiger partial charge < -0.3 is 20.1 Å². The van der Waals surface area contributed by atoms with Crippen LogP contribution in [0.15, 0.2) is 70.3 Å². The molecule has 4 aromatic heterocycles. The third kappa shape index (κ3) is 4.94. The molecule has 0 bridgehead atoms. The van der Waals surface area contributed by atoms with Gasteiger partial charge in [-0.3, -0.25) is 9.59 Å². The first kappa shape index (κ1) is 29.8. The monoisotopic (exact) mass is 652 g/mol. The maximum Gasteiger partial charge on any atom is 0.277 e. The van der Waals surface area contributed by atoms with Crippen molar-refractivity contribution in [3.8, 4) is 22.9 Å². The van der Waals surface area contributed by atoms with E-state index in [4.69, 9.17) is 19.4 Å². The van der Waals surface area contributed by atoms with Crippen LogP contribution in [0.25, 0.3) is 52.0 Å². The van der Waals surface area contributed by atoms with Gasteiger partial charge in [-0.1, -0.05) is 0 Å². The fourth-order valence-electron chi connectivity index (χ4n) is 5.53. The summed E-state index contributed by atoms with van der Waals surface area (Å²) in [6, 6.07) is 18.8. The minimum Gasteiger partial charge on any atom is -0.497 e. The van der Waals surface area contributed by atoms with Crippen LogP contribution in [0.1, 0.15) is 27.7 Å². The molecule has 46 heavy (non-hydrogen) atoms. The summed E-state index contributed by atoms with van der Waals surface area (Å²) in [6.45, 7) is 8.03. The van der Waals surface area contributed by atoms with Crippen LogP contribution in [-0.4, -0.2) is 45.4 Å². The van der Waals surface area contributed by atoms with Gasteiger partial charge in [0.15, 0.2) is 0 Å². The van der Waals surface area contributed by atoms with Gasteiger partial charge in [0.05, 0.1) is 36.6 Å². The van der Waals surface area contributed by atoms with Crippen molar-refractivity contribution in [2.24, 2.45) is 0 Å². The van der Waals surface area contributed by atoms with Crippen LogP contribution in [0.2, 0.25) is 0 Å². The Labute approximate surface area is 271 Å². The Kier molecular flexibility index (Phi) is 7.41. The molecule has 0 spiro atoms. The molecule has 0 aliphatic heterocycles. The first-order valence-electron chi connectivity index (χ1n) is 14.9. The molecular formula is C34H32N6O4S2. The third-order valence-electron chi connectivity index (χ3n) is 7.60. The van der Waals surface area contributed by atoms with Crippen molar-refractivity contribution < 1.29 is 9.47 Å². The van der Waals surface area contributed by atoms with Crippen LogP contribution in [-0.2, 0) is 0 Å². The number of ether oxygens (including phenoxy) is 2. The second-order valence-corrected chi connectivity index (χ2v) is 13.7. The van der Waals surface area contributed by atoms with Crippen molar-refractivity contribution in [3.63, 3.8) is 0 Å². The van der Waals surface area contributed by atoms with Crippen LogP contribution < -0.4 is 31.2 Å². The Morgan fingerprint density at radius 3 is 1.37 bits per heavy atom. The van der Waals surface area contributed by atoms with Crippen molar-refractivity contribution in [3.05, 3.63) is 81.4 Å². The number of aromatic nitrogens is 4. The van der Waals surface area contributed by atoms with E-state index in [0.717, 1.165) is 20.2 Å². The second-order valence-electron chi connectivity index (χ2n) is 11.6. The number of rotatable bonds is 8. The lowest BCUT2D eigenvalue weighted by Gasteiger charge is -2.16. The van der Waals surface area contributed by atoms with Crippen LogP contribution in [0.3, 0.4) is 0 Å². The summed E-state index contributed by atoms with van der Waals surface area (Å²) in [5, 5.41) is 8.42. The SMILES string of the molecule is COc1ccc(-n2c(NC(C)C)nc3c(sc4cc5sc6c(=O)n(-c7ccc(OC)cc7)c(NC(C)C)nc6c5cc43)c2=O)cc1. The summed E-state index contributed by atoms with van der Waals surface area (Å²) in [5.74, 6) is 2.32. The molecule has 0 atom stereocenters. The average molecular weight is 653 g/mol. The highest BCUT2D eigenvalue weighted by molar-refractivity contribution is 7.27. The van der Waals surface area contributed by atoms with Gasteiger partial charge in [-0.2, -0.15) is 0 Å². The molecule has 0 amide bonds. The summed E-state index contributed by atoms with van der Waals surface area (Å²) in [4.78, 5) is 38.2. The number of fused-ring (bicyclic) bond motifs is 6. The summed E-state index contributed by atoms with van der Waals surface area (Å²) in [7, 11) is 3.22. The highest BCUT2D eigenvalue weighted by atomic mass is 32.1.